The third kappa shape index (κ3) is 4.49. The number of hydrogen-bond acceptors (Lipinski definition) is 4. The molecule has 2 fully saturated rings. The summed E-state index contributed by atoms with van der Waals surface area (Å²) in [7, 11) is 0. The highest BCUT2D eigenvalue weighted by Crippen LogP contribution is 2.22. The van der Waals surface area contributed by atoms with Crippen LogP contribution in [0.15, 0.2) is 30.3 Å². The van der Waals surface area contributed by atoms with Crippen LogP contribution < -0.4 is 15.5 Å². The summed E-state index contributed by atoms with van der Waals surface area (Å²) in [5.41, 5.74) is 1.23. The van der Waals surface area contributed by atoms with Crippen molar-refractivity contribution in [1.82, 2.24) is 15.5 Å². The SMILES string of the molecule is O=C(CCCN1C(=O)CNC1=O)NC[C@@H]1CCN(c2ccccc2)C1. The lowest BCUT2D eigenvalue weighted by molar-refractivity contribution is -0.126. The summed E-state index contributed by atoms with van der Waals surface area (Å²) in [4.78, 5) is 38.3. The lowest BCUT2D eigenvalue weighted by atomic mass is 10.1. The highest BCUT2D eigenvalue weighted by molar-refractivity contribution is 6.01. The molecule has 1 atom stereocenters. The third-order valence-electron chi connectivity index (χ3n) is 4.72. The van der Waals surface area contributed by atoms with Crippen LogP contribution >= 0.6 is 0 Å². The lowest BCUT2D eigenvalue weighted by Gasteiger charge is -2.18. The first-order valence-electron chi connectivity index (χ1n) is 8.78. The summed E-state index contributed by atoms with van der Waals surface area (Å²) in [6.07, 6.45) is 1.88. The Morgan fingerprint density at radius 1 is 1.24 bits per heavy atom. The molecule has 2 aliphatic rings. The third-order valence-corrected chi connectivity index (χ3v) is 4.72. The number of anilines is 1. The molecular weight excluding hydrogens is 320 g/mol. The van der Waals surface area contributed by atoms with Crippen LogP contribution in [0.5, 0.6) is 0 Å². The van der Waals surface area contributed by atoms with Gasteiger partial charge in [-0.2, -0.15) is 0 Å². The maximum Gasteiger partial charge on any atom is 0.324 e. The Morgan fingerprint density at radius 2 is 2.04 bits per heavy atom. The van der Waals surface area contributed by atoms with E-state index in [0.29, 0.717) is 31.8 Å². The van der Waals surface area contributed by atoms with Crippen molar-refractivity contribution in [3.63, 3.8) is 0 Å². The number of imide groups is 1. The number of para-hydroxylation sites is 1. The molecule has 0 aromatic heterocycles. The van der Waals surface area contributed by atoms with Gasteiger partial charge in [0.05, 0.1) is 6.54 Å². The topological polar surface area (TPSA) is 81.8 Å². The molecule has 2 aliphatic heterocycles. The molecule has 2 N–H and O–H groups in total. The van der Waals surface area contributed by atoms with Gasteiger partial charge in [-0.25, -0.2) is 4.79 Å². The van der Waals surface area contributed by atoms with Crippen LogP contribution in [-0.2, 0) is 9.59 Å². The molecule has 0 spiro atoms. The molecule has 25 heavy (non-hydrogen) atoms. The summed E-state index contributed by atoms with van der Waals surface area (Å²) < 4.78 is 0. The van der Waals surface area contributed by atoms with Gasteiger partial charge in [0.15, 0.2) is 0 Å². The van der Waals surface area contributed by atoms with E-state index in [4.69, 9.17) is 0 Å². The fraction of sp³-hybridized carbons (Fsp3) is 0.500. The minimum absolute atomic E-state index is 0.0229. The van der Waals surface area contributed by atoms with Crippen molar-refractivity contribution in [3.05, 3.63) is 30.3 Å². The maximum absolute atomic E-state index is 12.0. The zero-order valence-electron chi connectivity index (χ0n) is 14.2. The number of carbonyl (C=O) groups excluding carboxylic acids is 3. The minimum Gasteiger partial charge on any atom is -0.371 e. The van der Waals surface area contributed by atoms with E-state index < -0.39 is 0 Å². The number of nitrogens with one attached hydrogen (secondary N) is 2. The molecule has 7 nitrogen and oxygen atoms in total. The van der Waals surface area contributed by atoms with Gasteiger partial charge in [0.2, 0.25) is 11.8 Å². The van der Waals surface area contributed by atoms with Gasteiger partial charge in [0.25, 0.3) is 0 Å². The van der Waals surface area contributed by atoms with Crippen LogP contribution in [0, 0.1) is 5.92 Å². The number of benzene rings is 1. The van der Waals surface area contributed by atoms with Crippen molar-refractivity contribution in [3.8, 4) is 0 Å². The van der Waals surface area contributed by atoms with Crippen LogP contribution in [0.2, 0.25) is 0 Å². The van der Waals surface area contributed by atoms with Gasteiger partial charge >= 0.3 is 6.03 Å². The largest absolute Gasteiger partial charge is 0.371 e. The first-order valence-corrected chi connectivity index (χ1v) is 8.78. The van der Waals surface area contributed by atoms with E-state index in [1.54, 1.807) is 0 Å². The number of urea groups is 1. The van der Waals surface area contributed by atoms with Gasteiger partial charge in [-0.05, 0) is 30.9 Å². The predicted molar refractivity (Wildman–Crippen MR) is 94.1 cm³/mol. The molecule has 3 rings (SSSR count). The van der Waals surface area contributed by atoms with Crippen LogP contribution in [0.4, 0.5) is 10.5 Å². The van der Waals surface area contributed by atoms with Crippen LogP contribution in [0.25, 0.3) is 0 Å². The highest BCUT2D eigenvalue weighted by Gasteiger charge is 2.28. The molecule has 7 heteroatoms. The Bertz CT molecular complexity index is 618. The second-order valence-corrected chi connectivity index (χ2v) is 6.55. The Balaban J connectivity index is 1.33. The van der Waals surface area contributed by atoms with E-state index >= 15 is 0 Å². The molecule has 2 saturated heterocycles. The van der Waals surface area contributed by atoms with E-state index in [1.807, 2.05) is 18.2 Å². The van der Waals surface area contributed by atoms with E-state index in [-0.39, 0.29) is 24.4 Å². The molecule has 4 amide bonds. The van der Waals surface area contributed by atoms with Crippen LogP contribution in [0.3, 0.4) is 0 Å². The van der Waals surface area contributed by atoms with Gasteiger partial charge in [0.1, 0.15) is 0 Å². The monoisotopic (exact) mass is 344 g/mol. The average Bonchev–Trinajstić information content (AvgIpc) is 3.22. The summed E-state index contributed by atoms with van der Waals surface area (Å²) in [6, 6.07) is 9.94. The van der Waals surface area contributed by atoms with Gasteiger partial charge in [0, 0.05) is 38.3 Å². The number of nitrogens with zero attached hydrogens (tertiary/aromatic N) is 2. The number of amides is 4. The van der Waals surface area contributed by atoms with Crippen molar-refractivity contribution >= 4 is 23.5 Å². The van der Waals surface area contributed by atoms with Gasteiger partial charge < -0.3 is 15.5 Å². The average molecular weight is 344 g/mol. The smallest absolute Gasteiger partial charge is 0.324 e. The quantitative estimate of drug-likeness (QED) is 0.722. The number of rotatable bonds is 7. The fourth-order valence-electron chi connectivity index (χ4n) is 3.30. The van der Waals surface area contributed by atoms with Crippen LogP contribution in [0.1, 0.15) is 19.3 Å². The molecular formula is C18H24N4O3. The van der Waals surface area contributed by atoms with Gasteiger partial charge in [-0.1, -0.05) is 18.2 Å². The first kappa shape index (κ1) is 17.3. The maximum atomic E-state index is 12.0. The Morgan fingerprint density at radius 3 is 2.76 bits per heavy atom. The molecule has 1 aromatic carbocycles. The second kappa shape index (κ2) is 8.00. The van der Waals surface area contributed by atoms with Crippen molar-refractivity contribution < 1.29 is 14.4 Å². The van der Waals surface area contributed by atoms with E-state index in [0.717, 1.165) is 19.5 Å². The number of carbonyl (C=O) groups is 3. The van der Waals surface area contributed by atoms with Gasteiger partial charge in [-0.15, -0.1) is 0 Å². The zero-order chi connectivity index (χ0) is 17.6. The summed E-state index contributed by atoms with van der Waals surface area (Å²) in [5.74, 6) is 0.206. The molecule has 134 valence electrons. The number of hydrogen-bond donors (Lipinski definition) is 2. The molecule has 0 unspecified atom stereocenters. The van der Waals surface area contributed by atoms with E-state index in [9.17, 15) is 14.4 Å². The first-order chi connectivity index (χ1) is 12.1. The summed E-state index contributed by atoms with van der Waals surface area (Å²) >= 11 is 0. The van der Waals surface area contributed by atoms with E-state index in [2.05, 4.69) is 27.7 Å². The Labute approximate surface area is 147 Å². The second-order valence-electron chi connectivity index (χ2n) is 6.55. The van der Waals surface area contributed by atoms with Crippen molar-refractivity contribution in [1.29, 1.82) is 0 Å². The van der Waals surface area contributed by atoms with Crippen molar-refractivity contribution in [2.45, 2.75) is 19.3 Å². The minimum atomic E-state index is -0.364. The van der Waals surface area contributed by atoms with Crippen molar-refractivity contribution in [2.75, 3.05) is 37.6 Å². The van der Waals surface area contributed by atoms with Crippen LogP contribution in [-0.4, -0.2) is 55.5 Å². The highest BCUT2D eigenvalue weighted by atomic mass is 16.2. The molecule has 0 aliphatic carbocycles. The summed E-state index contributed by atoms with van der Waals surface area (Å²) in [6.45, 7) is 2.99. The lowest BCUT2D eigenvalue weighted by Crippen LogP contribution is -2.34. The molecule has 0 bridgehead atoms. The zero-order valence-corrected chi connectivity index (χ0v) is 14.2. The predicted octanol–water partition coefficient (Wildman–Crippen LogP) is 0.961. The summed E-state index contributed by atoms with van der Waals surface area (Å²) in [5, 5.41) is 5.44. The van der Waals surface area contributed by atoms with E-state index in [1.165, 1.54) is 10.6 Å². The normalized spacial score (nSPS) is 20.1. The van der Waals surface area contributed by atoms with Crippen molar-refractivity contribution in [2.24, 2.45) is 5.92 Å². The Hall–Kier alpha value is -2.57. The standard InChI is InChI=1S/C18H24N4O3/c23-16(7-4-9-22-17(24)12-20-18(22)25)19-11-14-8-10-21(13-14)15-5-2-1-3-6-15/h1-3,5-6,14H,4,7-13H2,(H,19,23)(H,20,25)/t14-/m0/s1. The molecule has 0 radical (unpaired) electrons. The molecule has 1 aromatic rings. The fourth-order valence-corrected chi connectivity index (χ4v) is 3.30. The molecule has 2 heterocycles. The Kier molecular flexibility index (Phi) is 5.53. The van der Waals surface area contributed by atoms with Gasteiger partial charge in [-0.3, -0.25) is 14.5 Å². The molecule has 0 saturated carbocycles.